The maximum atomic E-state index is 13.2. The molecular formula is C22H24F2N2O2. The molecule has 1 unspecified atom stereocenters. The lowest BCUT2D eigenvalue weighted by atomic mass is 10.0. The van der Waals surface area contributed by atoms with Gasteiger partial charge in [0.1, 0.15) is 11.6 Å². The van der Waals surface area contributed by atoms with E-state index in [0.29, 0.717) is 25.2 Å². The Balaban J connectivity index is 1.82. The van der Waals surface area contributed by atoms with Gasteiger partial charge in [0.25, 0.3) is 5.91 Å². The van der Waals surface area contributed by atoms with Crippen LogP contribution in [0.15, 0.2) is 48.5 Å². The lowest BCUT2D eigenvalue weighted by molar-refractivity contribution is -0.134. The molecule has 0 bridgehead atoms. The summed E-state index contributed by atoms with van der Waals surface area (Å²) in [5.74, 6) is -0.818. The van der Waals surface area contributed by atoms with Gasteiger partial charge >= 0.3 is 0 Å². The first-order valence-corrected chi connectivity index (χ1v) is 9.44. The molecular weight excluding hydrogens is 362 g/mol. The van der Waals surface area contributed by atoms with E-state index in [-0.39, 0.29) is 36.0 Å². The maximum Gasteiger partial charge on any atom is 0.253 e. The van der Waals surface area contributed by atoms with Crippen LogP contribution in [0.4, 0.5) is 8.78 Å². The minimum absolute atomic E-state index is 0.0302. The molecule has 2 aromatic carbocycles. The standard InChI is InChI=1S/C22H24F2N2O2/c1-15(2)20-14-25(22(28)17-5-9-19(24)10-6-17)12-11-21(27)26(20)13-16-3-7-18(23)8-4-16/h3-10,15,20H,11-14H2,1-2H3. The minimum atomic E-state index is -0.395. The van der Waals surface area contributed by atoms with Gasteiger partial charge in [0.05, 0.1) is 6.04 Å². The average Bonchev–Trinajstić information content (AvgIpc) is 2.83. The zero-order valence-corrected chi connectivity index (χ0v) is 16.1. The van der Waals surface area contributed by atoms with Crippen molar-refractivity contribution in [3.8, 4) is 0 Å². The summed E-state index contributed by atoms with van der Waals surface area (Å²) in [5, 5.41) is 0. The second-order valence-corrected chi connectivity index (χ2v) is 7.47. The quantitative estimate of drug-likeness (QED) is 0.801. The zero-order valence-electron chi connectivity index (χ0n) is 16.1. The Morgan fingerprint density at radius 3 is 2.18 bits per heavy atom. The van der Waals surface area contributed by atoms with Gasteiger partial charge in [0.2, 0.25) is 5.91 Å². The van der Waals surface area contributed by atoms with Crippen molar-refractivity contribution >= 4 is 11.8 Å². The summed E-state index contributed by atoms with van der Waals surface area (Å²) in [6, 6.07) is 11.4. The Hall–Kier alpha value is -2.76. The number of rotatable bonds is 4. The first-order chi connectivity index (χ1) is 13.3. The van der Waals surface area contributed by atoms with Crippen molar-refractivity contribution in [3.63, 3.8) is 0 Å². The first-order valence-electron chi connectivity index (χ1n) is 9.44. The normalized spacial score (nSPS) is 17.8. The Bertz CT molecular complexity index is 835. The van der Waals surface area contributed by atoms with Crippen molar-refractivity contribution in [2.24, 2.45) is 5.92 Å². The Morgan fingerprint density at radius 2 is 1.61 bits per heavy atom. The van der Waals surface area contributed by atoms with Crippen molar-refractivity contribution in [2.75, 3.05) is 13.1 Å². The molecule has 6 heteroatoms. The van der Waals surface area contributed by atoms with Gasteiger partial charge in [-0.3, -0.25) is 9.59 Å². The van der Waals surface area contributed by atoms with Crippen LogP contribution < -0.4 is 0 Å². The van der Waals surface area contributed by atoms with Gasteiger partial charge in [0.15, 0.2) is 0 Å². The summed E-state index contributed by atoms with van der Waals surface area (Å²) in [5.41, 5.74) is 1.25. The SMILES string of the molecule is CC(C)C1CN(C(=O)c2ccc(F)cc2)CCC(=O)N1Cc1ccc(F)cc1. The third-order valence-corrected chi connectivity index (χ3v) is 5.14. The molecule has 1 saturated heterocycles. The van der Waals surface area contributed by atoms with E-state index in [1.54, 1.807) is 21.9 Å². The molecule has 4 nitrogen and oxygen atoms in total. The van der Waals surface area contributed by atoms with E-state index in [1.165, 1.54) is 36.4 Å². The van der Waals surface area contributed by atoms with Crippen LogP contribution in [-0.4, -0.2) is 40.7 Å². The molecule has 1 aliphatic rings. The van der Waals surface area contributed by atoms with Crippen LogP contribution in [0.1, 0.15) is 36.2 Å². The van der Waals surface area contributed by atoms with Gasteiger partial charge in [-0.05, 0) is 47.9 Å². The second-order valence-electron chi connectivity index (χ2n) is 7.47. The summed E-state index contributed by atoms with van der Waals surface area (Å²) >= 11 is 0. The van der Waals surface area contributed by atoms with Gasteiger partial charge in [-0.15, -0.1) is 0 Å². The molecule has 1 aliphatic heterocycles. The number of benzene rings is 2. The van der Waals surface area contributed by atoms with E-state index in [9.17, 15) is 18.4 Å². The van der Waals surface area contributed by atoms with Gasteiger partial charge in [-0.1, -0.05) is 26.0 Å². The van der Waals surface area contributed by atoms with E-state index in [2.05, 4.69) is 0 Å². The van der Waals surface area contributed by atoms with Crippen LogP contribution in [0.5, 0.6) is 0 Å². The van der Waals surface area contributed by atoms with Gasteiger partial charge in [-0.2, -0.15) is 0 Å². The molecule has 2 amide bonds. The molecule has 0 saturated carbocycles. The summed E-state index contributed by atoms with van der Waals surface area (Å²) < 4.78 is 26.3. The lowest BCUT2D eigenvalue weighted by Gasteiger charge is -2.34. The molecule has 0 aromatic heterocycles. The predicted octanol–water partition coefficient (Wildman–Crippen LogP) is 3.86. The number of amides is 2. The highest BCUT2D eigenvalue weighted by atomic mass is 19.1. The van der Waals surface area contributed by atoms with Crippen molar-refractivity contribution in [1.82, 2.24) is 9.80 Å². The number of halogens is 2. The van der Waals surface area contributed by atoms with E-state index < -0.39 is 5.82 Å². The Morgan fingerprint density at radius 1 is 1.04 bits per heavy atom. The lowest BCUT2D eigenvalue weighted by Crippen LogP contribution is -2.47. The van der Waals surface area contributed by atoms with Gasteiger partial charge < -0.3 is 9.80 Å². The van der Waals surface area contributed by atoms with Gasteiger partial charge in [0, 0.05) is 31.6 Å². The molecule has 2 aromatic rings. The predicted molar refractivity (Wildman–Crippen MR) is 102 cm³/mol. The average molecular weight is 386 g/mol. The molecule has 28 heavy (non-hydrogen) atoms. The second kappa shape index (κ2) is 8.50. The van der Waals surface area contributed by atoms with Gasteiger partial charge in [-0.25, -0.2) is 8.78 Å². The fraction of sp³-hybridized carbons (Fsp3) is 0.364. The van der Waals surface area contributed by atoms with Crippen molar-refractivity contribution in [1.29, 1.82) is 0 Å². The molecule has 0 N–H and O–H groups in total. The third-order valence-electron chi connectivity index (χ3n) is 5.14. The number of carbonyl (C=O) groups excluding carboxylic acids is 2. The van der Waals surface area contributed by atoms with E-state index in [1.807, 2.05) is 13.8 Å². The summed E-state index contributed by atoms with van der Waals surface area (Å²) in [6.45, 7) is 5.13. The van der Waals surface area contributed by atoms with Crippen molar-refractivity contribution < 1.29 is 18.4 Å². The first kappa shape index (κ1) is 20.0. The van der Waals surface area contributed by atoms with Crippen molar-refractivity contribution in [3.05, 3.63) is 71.3 Å². The summed E-state index contributed by atoms with van der Waals surface area (Å²) in [4.78, 5) is 29.1. The van der Waals surface area contributed by atoms with E-state index in [0.717, 1.165) is 5.56 Å². The topological polar surface area (TPSA) is 40.6 Å². The molecule has 0 spiro atoms. The highest BCUT2D eigenvalue weighted by Crippen LogP contribution is 2.22. The minimum Gasteiger partial charge on any atom is -0.336 e. The van der Waals surface area contributed by atoms with Crippen LogP contribution >= 0.6 is 0 Å². The van der Waals surface area contributed by atoms with Crippen LogP contribution in [0.2, 0.25) is 0 Å². The van der Waals surface area contributed by atoms with Crippen LogP contribution in [0, 0.1) is 17.6 Å². The summed E-state index contributed by atoms with van der Waals surface area (Å²) in [6.07, 6.45) is 0.220. The molecule has 1 heterocycles. The molecule has 148 valence electrons. The largest absolute Gasteiger partial charge is 0.336 e. The molecule has 0 aliphatic carbocycles. The Kier molecular flexibility index (Phi) is 6.07. The highest BCUT2D eigenvalue weighted by molar-refractivity contribution is 5.94. The number of nitrogens with zero attached hydrogens (tertiary/aromatic N) is 2. The van der Waals surface area contributed by atoms with Crippen molar-refractivity contribution in [2.45, 2.75) is 32.9 Å². The summed E-state index contributed by atoms with van der Waals surface area (Å²) in [7, 11) is 0. The fourth-order valence-corrected chi connectivity index (χ4v) is 3.50. The molecule has 0 radical (unpaired) electrons. The number of hydrogen-bond acceptors (Lipinski definition) is 2. The van der Waals surface area contributed by atoms with E-state index >= 15 is 0 Å². The van der Waals surface area contributed by atoms with Crippen LogP contribution in [0.25, 0.3) is 0 Å². The highest BCUT2D eigenvalue weighted by Gasteiger charge is 2.33. The fourth-order valence-electron chi connectivity index (χ4n) is 3.50. The smallest absolute Gasteiger partial charge is 0.253 e. The van der Waals surface area contributed by atoms with Crippen LogP contribution in [-0.2, 0) is 11.3 Å². The Labute approximate surface area is 163 Å². The monoisotopic (exact) mass is 386 g/mol. The molecule has 1 atom stereocenters. The molecule has 3 rings (SSSR count). The number of carbonyl (C=O) groups is 2. The van der Waals surface area contributed by atoms with Crippen LogP contribution in [0.3, 0.4) is 0 Å². The van der Waals surface area contributed by atoms with E-state index in [4.69, 9.17) is 0 Å². The third kappa shape index (κ3) is 4.55. The number of hydrogen-bond donors (Lipinski definition) is 0. The molecule has 1 fully saturated rings. The maximum absolute atomic E-state index is 13.2. The zero-order chi connectivity index (χ0) is 20.3.